The van der Waals surface area contributed by atoms with Gasteiger partial charge in [0.1, 0.15) is 6.33 Å². The molecule has 0 saturated heterocycles. The van der Waals surface area contributed by atoms with Crippen LogP contribution in [-0.2, 0) is 12.6 Å². The quantitative estimate of drug-likeness (QED) is 0.916. The molecule has 0 aliphatic rings. The second-order valence-corrected chi connectivity index (χ2v) is 4.90. The first-order valence-electron chi connectivity index (χ1n) is 5.16. The van der Waals surface area contributed by atoms with E-state index >= 15 is 0 Å². The molecule has 8 heteroatoms. The van der Waals surface area contributed by atoms with E-state index in [0.29, 0.717) is 4.47 Å². The molecule has 0 radical (unpaired) electrons. The van der Waals surface area contributed by atoms with Gasteiger partial charge in [0.15, 0.2) is 5.82 Å². The van der Waals surface area contributed by atoms with E-state index < -0.39 is 17.6 Å². The Labute approximate surface area is 115 Å². The van der Waals surface area contributed by atoms with E-state index in [0.717, 1.165) is 10.9 Å². The zero-order valence-electron chi connectivity index (χ0n) is 9.69. The fraction of sp³-hybridized carbons (Fsp3) is 0.273. The van der Waals surface area contributed by atoms with Crippen LogP contribution in [0.3, 0.4) is 0 Å². The van der Waals surface area contributed by atoms with Gasteiger partial charge in [-0.3, -0.25) is 0 Å². The van der Waals surface area contributed by atoms with Gasteiger partial charge in [-0.2, -0.15) is 13.2 Å². The molecule has 0 amide bonds. The van der Waals surface area contributed by atoms with Crippen LogP contribution < -0.4 is 0 Å². The lowest BCUT2D eigenvalue weighted by Gasteiger charge is -2.29. The van der Waals surface area contributed by atoms with Gasteiger partial charge in [-0.05, 0) is 12.1 Å². The van der Waals surface area contributed by atoms with Crippen molar-refractivity contribution in [2.45, 2.75) is 11.8 Å². The third kappa shape index (κ3) is 2.25. The summed E-state index contributed by atoms with van der Waals surface area (Å²) < 4.78 is 41.4. The summed E-state index contributed by atoms with van der Waals surface area (Å²) in [7, 11) is 1.34. The number of benzene rings is 1. The first kappa shape index (κ1) is 14.0. The Bertz CT molecular complexity index is 599. The average Bonchev–Trinajstić information content (AvgIpc) is 2.73. The van der Waals surface area contributed by atoms with E-state index in [4.69, 9.17) is 0 Å². The first-order chi connectivity index (χ1) is 8.76. The number of halogens is 4. The lowest BCUT2D eigenvalue weighted by molar-refractivity contribution is -0.252. The van der Waals surface area contributed by atoms with Crippen molar-refractivity contribution in [2.24, 2.45) is 7.05 Å². The van der Waals surface area contributed by atoms with Crippen LogP contribution in [0.1, 0.15) is 11.4 Å². The van der Waals surface area contributed by atoms with Crippen molar-refractivity contribution < 1.29 is 18.3 Å². The Hall–Kier alpha value is -1.41. The molecule has 19 heavy (non-hydrogen) atoms. The number of hydrogen-bond acceptors (Lipinski definition) is 3. The van der Waals surface area contributed by atoms with Gasteiger partial charge in [0, 0.05) is 17.1 Å². The number of rotatable bonds is 2. The summed E-state index contributed by atoms with van der Waals surface area (Å²) in [4.78, 5) is 0. The third-order valence-electron chi connectivity index (χ3n) is 2.69. The van der Waals surface area contributed by atoms with Crippen LogP contribution in [0.4, 0.5) is 13.2 Å². The van der Waals surface area contributed by atoms with E-state index in [1.54, 1.807) is 6.07 Å². The maximum Gasteiger partial charge on any atom is 0.428 e. The average molecular weight is 336 g/mol. The lowest BCUT2D eigenvalue weighted by Crippen LogP contribution is -2.45. The minimum absolute atomic E-state index is 0.328. The van der Waals surface area contributed by atoms with Crippen LogP contribution in [0, 0.1) is 0 Å². The Morgan fingerprint density at radius 1 is 1.32 bits per heavy atom. The molecule has 2 rings (SSSR count). The third-order valence-corrected chi connectivity index (χ3v) is 3.18. The van der Waals surface area contributed by atoms with Crippen molar-refractivity contribution in [2.75, 3.05) is 0 Å². The SMILES string of the molecule is Cn1cnnc1C(O)(c1cccc(Br)c1)C(F)(F)F. The summed E-state index contributed by atoms with van der Waals surface area (Å²) in [5.74, 6) is -0.585. The Morgan fingerprint density at radius 3 is 2.47 bits per heavy atom. The van der Waals surface area contributed by atoms with Crippen LogP contribution in [-0.4, -0.2) is 26.0 Å². The predicted molar refractivity (Wildman–Crippen MR) is 64.2 cm³/mol. The lowest BCUT2D eigenvalue weighted by atomic mass is 9.92. The summed E-state index contributed by atoms with van der Waals surface area (Å²) >= 11 is 3.08. The van der Waals surface area contributed by atoms with E-state index in [-0.39, 0.29) is 5.56 Å². The second-order valence-electron chi connectivity index (χ2n) is 3.98. The molecule has 4 nitrogen and oxygen atoms in total. The van der Waals surface area contributed by atoms with Crippen molar-refractivity contribution in [1.82, 2.24) is 14.8 Å². The molecule has 2 aromatic rings. The largest absolute Gasteiger partial charge is 0.428 e. The summed E-state index contributed by atoms with van der Waals surface area (Å²) in [5.41, 5.74) is -3.53. The molecule has 1 N–H and O–H groups in total. The molecular weight excluding hydrogens is 327 g/mol. The molecule has 1 heterocycles. The molecule has 1 aromatic carbocycles. The molecule has 0 bridgehead atoms. The van der Waals surface area contributed by atoms with Gasteiger partial charge in [-0.15, -0.1) is 10.2 Å². The van der Waals surface area contributed by atoms with Gasteiger partial charge in [0.2, 0.25) is 5.60 Å². The maximum atomic E-state index is 13.3. The van der Waals surface area contributed by atoms with Crippen LogP contribution >= 0.6 is 15.9 Å². The number of nitrogens with zero attached hydrogens (tertiary/aromatic N) is 3. The van der Waals surface area contributed by atoms with Gasteiger partial charge >= 0.3 is 6.18 Å². The molecule has 1 aromatic heterocycles. The van der Waals surface area contributed by atoms with Crippen LogP contribution in [0.5, 0.6) is 0 Å². The minimum atomic E-state index is -4.92. The summed E-state index contributed by atoms with van der Waals surface area (Å²) in [6, 6.07) is 5.36. The first-order valence-corrected chi connectivity index (χ1v) is 5.95. The number of aryl methyl sites for hydroxylation is 1. The van der Waals surface area contributed by atoms with Gasteiger partial charge < -0.3 is 9.67 Å². The van der Waals surface area contributed by atoms with Gasteiger partial charge in [0.25, 0.3) is 0 Å². The number of alkyl halides is 3. The van der Waals surface area contributed by atoms with Crippen molar-refractivity contribution in [3.05, 3.63) is 46.5 Å². The van der Waals surface area contributed by atoms with E-state index in [1.807, 2.05) is 0 Å². The Balaban J connectivity index is 2.70. The molecular formula is C11H9BrF3N3O. The smallest absolute Gasteiger partial charge is 0.370 e. The van der Waals surface area contributed by atoms with E-state index in [1.165, 1.54) is 25.2 Å². The Kier molecular flexibility index (Phi) is 3.40. The summed E-state index contributed by atoms with van der Waals surface area (Å²) in [5, 5.41) is 17.0. The zero-order chi connectivity index (χ0) is 14.3. The minimum Gasteiger partial charge on any atom is -0.370 e. The monoisotopic (exact) mass is 335 g/mol. The fourth-order valence-corrected chi connectivity index (χ4v) is 2.14. The maximum absolute atomic E-state index is 13.3. The molecule has 0 saturated carbocycles. The number of aliphatic hydroxyl groups is 1. The molecule has 1 atom stereocenters. The van der Waals surface area contributed by atoms with Crippen LogP contribution in [0.25, 0.3) is 0 Å². The van der Waals surface area contributed by atoms with Crippen molar-refractivity contribution in [3.63, 3.8) is 0 Å². The second kappa shape index (κ2) is 4.61. The molecule has 0 fully saturated rings. The van der Waals surface area contributed by atoms with Crippen LogP contribution in [0.2, 0.25) is 0 Å². The predicted octanol–water partition coefficient (Wildman–Crippen LogP) is 2.38. The highest BCUT2D eigenvalue weighted by Gasteiger charge is 2.59. The van der Waals surface area contributed by atoms with Crippen molar-refractivity contribution in [1.29, 1.82) is 0 Å². The zero-order valence-corrected chi connectivity index (χ0v) is 11.3. The van der Waals surface area contributed by atoms with E-state index in [2.05, 4.69) is 26.1 Å². The number of aromatic nitrogens is 3. The molecule has 0 spiro atoms. The summed E-state index contributed by atoms with van der Waals surface area (Å²) in [6.07, 6.45) is -3.82. The Morgan fingerprint density at radius 2 is 2.00 bits per heavy atom. The van der Waals surface area contributed by atoms with Gasteiger partial charge in [0.05, 0.1) is 0 Å². The highest BCUT2D eigenvalue weighted by molar-refractivity contribution is 9.10. The standard InChI is InChI=1S/C11H9BrF3N3O/c1-18-6-16-17-9(18)10(19,11(13,14)15)7-3-2-4-8(12)5-7/h2-6,19H,1H3. The van der Waals surface area contributed by atoms with Crippen molar-refractivity contribution >= 4 is 15.9 Å². The van der Waals surface area contributed by atoms with Gasteiger partial charge in [-0.1, -0.05) is 28.1 Å². The topological polar surface area (TPSA) is 50.9 Å². The highest BCUT2D eigenvalue weighted by atomic mass is 79.9. The molecule has 102 valence electrons. The molecule has 1 unspecified atom stereocenters. The number of hydrogen-bond donors (Lipinski definition) is 1. The fourth-order valence-electron chi connectivity index (χ4n) is 1.74. The summed E-state index contributed by atoms with van der Waals surface area (Å²) in [6.45, 7) is 0. The highest BCUT2D eigenvalue weighted by Crippen LogP contribution is 2.43. The van der Waals surface area contributed by atoms with E-state index in [9.17, 15) is 18.3 Å². The van der Waals surface area contributed by atoms with Crippen molar-refractivity contribution in [3.8, 4) is 0 Å². The van der Waals surface area contributed by atoms with Gasteiger partial charge in [-0.25, -0.2) is 0 Å². The molecule has 0 aliphatic heterocycles. The molecule has 0 aliphatic carbocycles. The normalized spacial score (nSPS) is 15.3. The van der Waals surface area contributed by atoms with Crippen LogP contribution in [0.15, 0.2) is 35.1 Å².